The first-order valence-corrected chi connectivity index (χ1v) is 10.9. The summed E-state index contributed by atoms with van der Waals surface area (Å²) in [7, 11) is 0. The Kier molecular flexibility index (Phi) is 5.54. The van der Waals surface area contributed by atoms with E-state index in [0.717, 1.165) is 31.4 Å². The molecule has 1 aromatic rings. The summed E-state index contributed by atoms with van der Waals surface area (Å²) in [5.74, 6) is -1.44. The number of allylic oxidation sites excluding steroid dienone is 1. The van der Waals surface area contributed by atoms with E-state index >= 15 is 0 Å². The molecule has 0 radical (unpaired) electrons. The third kappa shape index (κ3) is 4.18. The van der Waals surface area contributed by atoms with E-state index in [0.29, 0.717) is 29.7 Å². The molecule has 2 saturated carbocycles. The van der Waals surface area contributed by atoms with Crippen LogP contribution in [0.5, 0.6) is 0 Å². The first kappa shape index (κ1) is 21.4. The zero-order valence-electron chi connectivity index (χ0n) is 18.2. The standard InChI is InChI=1S/C24H28N2O5/c1-14-20(23(28)31-17-6-4-5-7-17)21(15-8-10-16(11-9-15)26(29)30)22-18(25-14)12-24(2,3)13-19(22)27/h8-11,17,21-22H,4-7,12-13H2,1-3H3/t21-,22-/m1/s1. The monoisotopic (exact) mass is 424 g/mol. The van der Waals surface area contributed by atoms with Gasteiger partial charge in [0.15, 0.2) is 0 Å². The lowest BCUT2D eigenvalue weighted by atomic mass is 9.63. The Balaban J connectivity index is 1.78. The lowest BCUT2D eigenvalue weighted by molar-refractivity contribution is -0.384. The van der Waals surface area contributed by atoms with Gasteiger partial charge in [-0.2, -0.15) is 0 Å². The highest BCUT2D eigenvalue weighted by molar-refractivity contribution is 6.12. The van der Waals surface area contributed by atoms with E-state index in [-0.39, 0.29) is 23.0 Å². The van der Waals surface area contributed by atoms with Gasteiger partial charge in [-0.25, -0.2) is 4.79 Å². The highest BCUT2D eigenvalue weighted by Crippen LogP contribution is 2.47. The Hall–Kier alpha value is -2.83. The number of carbonyl (C=O) groups excluding carboxylic acids is 2. The van der Waals surface area contributed by atoms with Crippen molar-refractivity contribution in [1.29, 1.82) is 0 Å². The molecule has 7 nitrogen and oxygen atoms in total. The predicted octanol–water partition coefficient (Wildman–Crippen LogP) is 4.90. The van der Waals surface area contributed by atoms with Crippen LogP contribution in [0.3, 0.4) is 0 Å². The maximum Gasteiger partial charge on any atom is 0.336 e. The van der Waals surface area contributed by atoms with Gasteiger partial charge < -0.3 is 4.74 Å². The van der Waals surface area contributed by atoms with Crippen LogP contribution in [0, 0.1) is 21.4 Å². The summed E-state index contributed by atoms with van der Waals surface area (Å²) in [5, 5.41) is 11.1. The molecule has 0 N–H and O–H groups in total. The van der Waals surface area contributed by atoms with Crippen molar-refractivity contribution in [2.45, 2.75) is 71.3 Å². The second kappa shape index (κ2) is 8.02. The third-order valence-corrected chi connectivity index (χ3v) is 6.62. The van der Waals surface area contributed by atoms with E-state index in [1.54, 1.807) is 19.1 Å². The van der Waals surface area contributed by atoms with Crippen molar-refractivity contribution in [3.63, 3.8) is 0 Å². The Morgan fingerprint density at radius 2 is 1.77 bits per heavy atom. The molecule has 31 heavy (non-hydrogen) atoms. The summed E-state index contributed by atoms with van der Waals surface area (Å²) >= 11 is 0. The highest BCUT2D eigenvalue weighted by atomic mass is 16.6. The maximum atomic E-state index is 13.3. The van der Waals surface area contributed by atoms with Gasteiger partial charge in [0.2, 0.25) is 0 Å². The van der Waals surface area contributed by atoms with Crippen LogP contribution in [0.15, 0.2) is 40.5 Å². The number of hydrogen-bond acceptors (Lipinski definition) is 6. The molecule has 0 amide bonds. The Morgan fingerprint density at radius 1 is 1.13 bits per heavy atom. The average Bonchev–Trinajstić information content (AvgIpc) is 3.18. The van der Waals surface area contributed by atoms with Gasteiger partial charge in [-0.1, -0.05) is 26.0 Å². The first-order chi connectivity index (χ1) is 14.7. The number of hydrogen-bond donors (Lipinski definition) is 0. The molecule has 4 rings (SSSR count). The van der Waals surface area contributed by atoms with Crippen molar-refractivity contribution in [3.05, 3.63) is 51.2 Å². The molecular formula is C24H28N2O5. The molecule has 0 saturated heterocycles. The Bertz CT molecular complexity index is 984. The molecule has 164 valence electrons. The van der Waals surface area contributed by atoms with Gasteiger partial charge in [-0.15, -0.1) is 0 Å². The Morgan fingerprint density at radius 3 is 2.39 bits per heavy atom. The van der Waals surface area contributed by atoms with E-state index in [4.69, 9.17) is 9.73 Å². The minimum Gasteiger partial charge on any atom is -0.459 e. The van der Waals surface area contributed by atoms with Crippen molar-refractivity contribution in [2.75, 3.05) is 0 Å². The number of nitrogens with zero attached hydrogens (tertiary/aromatic N) is 2. The number of nitro groups is 1. The number of ketones is 1. The molecule has 2 atom stereocenters. The zero-order chi connectivity index (χ0) is 22.3. The molecule has 1 heterocycles. The first-order valence-electron chi connectivity index (χ1n) is 10.9. The van der Waals surface area contributed by atoms with E-state index in [2.05, 4.69) is 0 Å². The molecule has 2 aliphatic carbocycles. The van der Waals surface area contributed by atoms with Gasteiger partial charge >= 0.3 is 5.97 Å². The molecule has 7 heteroatoms. The third-order valence-electron chi connectivity index (χ3n) is 6.62. The molecule has 0 unspecified atom stereocenters. The highest BCUT2D eigenvalue weighted by Gasteiger charge is 2.48. The smallest absolute Gasteiger partial charge is 0.336 e. The average molecular weight is 424 g/mol. The van der Waals surface area contributed by atoms with Crippen LogP contribution in [-0.2, 0) is 14.3 Å². The fourth-order valence-corrected chi connectivity index (χ4v) is 5.24. The van der Waals surface area contributed by atoms with E-state index in [1.807, 2.05) is 13.8 Å². The molecule has 0 bridgehead atoms. The summed E-state index contributed by atoms with van der Waals surface area (Å²) in [4.78, 5) is 41.9. The zero-order valence-corrected chi connectivity index (χ0v) is 18.2. The minimum absolute atomic E-state index is 0.0275. The van der Waals surface area contributed by atoms with Crippen LogP contribution in [0.25, 0.3) is 0 Å². The number of carbonyl (C=O) groups is 2. The van der Waals surface area contributed by atoms with Crippen molar-refractivity contribution in [2.24, 2.45) is 16.3 Å². The van der Waals surface area contributed by atoms with Gasteiger partial charge in [0.25, 0.3) is 5.69 Å². The van der Waals surface area contributed by atoms with Crippen LogP contribution in [0.4, 0.5) is 5.69 Å². The van der Waals surface area contributed by atoms with Gasteiger partial charge in [0.05, 0.1) is 16.4 Å². The van der Waals surface area contributed by atoms with Crippen molar-refractivity contribution < 1.29 is 19.2 Å². The van der Waals surface area contributed by atoms with Crippen LogP contribution >= 0.6 is 0 Å². The molecular weight excluding hydrogens is 396 g/mol. The molecule has 0 aromatic heterocycles. The largest absolute Gasteiger partial charge is 0.459 e. The fourth-order valence-electron chi connectivity index (χ4n) is 5.24. The van der Waals surface area contributed by atoms with Gasteiger partial charge in [0, 0.05) is 35.9 Å². The number of esters is 1. The van der Waals surface area contributed by atoms with Crippen molar-refractivity contribution >= 4 is 23.2 Å². The molecule has 1 aliphatic heterocycles. The van der Waals surface area contributed by atoms with E-state index in [9.17, 15) is 19.7 Å². The lowest BCUT2D eigenvalue weighted by Gasteiger charge is -2.41. The molecule has 1 aromatic carbocycles. The van der Waals surface area contributed by atoms with Crippen LogP contribution in [0.1, 0.15) is 70.8 Å². The van der Waals surface area contributed by atoms with Crippen molar-refractivity contribution in [3.8, 4) is 0 Å². The van der Waals surface area contributed by atoms with Crippen LogP contribution in [0.2, 0.25) is 0 Å². The number of fused-ring (bicyclic) bond motifs is 1. The molecule has 0 spiro atoms. The maximum absolute atomic E-state index is 13.3. The summed E-state index contributed by atoms with van der Waals surface area (Å²) in [6, 6.07) is 6.14. The fraction of sp³-hybridized carbons (Fsp3) is 0.542. The topological polar surface area (TPSA) is 98.9 Å². The van der Waals surface area contributed by atoms with E-state index < -0.39 is 22.7 Å². The second-order valence-electron chi connectivity index (χ2n) is 9.70. The summed E-state index contributed by atoms with van der Waals surface area (Å²) in [6.45, 7) is 5.89. The SMILES string of the molecule is CC1=C(C(=O)OC2CCCC2)[C@@H](c2ccc([N+](=O)[O-])cc2)[C@H]2C(=O)CC(C)(C)CC2=N1. The normalized spacial score (nSPS) is 25.8. The molecule has 2 fully saturated rings. The Labute approximate surface area is 181 Å². The number of benzene rings is 1. The number of aliphatic imine (C=N–C) groups is 1. The van der Waals surface area contributed by atoms with Crippen LogP contribution < -0.4 is 0 Å². The second-order valence-corrected chi connectivity index (χ2v) is 9.70. The van der Waals surface area contributed by atoms with Gasteiger partial charge in [0.1, 0.15) is 11.9 Å². The summed E-state index contributed by atoms with van der Waals surface area (Å²) in [6.07, 6.45) is 4.77. The number of rotatable bonds is 4. The number of Topliss-reactive ketones (excluding diaryl/α,β-unsaturated/α-hetero) is 1. The minimum atomic E-state index is -0.538. The lowest BCUT2D eigenvalue weighted by Crippen LogP contribution is -2.44. The van der Waals surface area contributed by atoms with Crippen molar-refractivity contribution in [1.82, 2.24) is 0 Å². The predicted molar refractivity (Wildman–Crippen MR) is 116 cm³/mol. The quantitative estimate of drug-likeness (QED) is 0.389. The number of non-ortho nitro benzene ring substituents is 1. The van der Waals surface area contributed by atoms with Gasteiger partial charge in [-0.05, 0) is 50.0 Å². The van der Waals surface area contributed by atoms with Gasteiger partial charge in [-0.3, -0.25) is 19.9 Å². The van der Waals surface area contributed by atoms with E-state index in [1.165, 1.54) is 12.1 Å². The summed E-state index contributed by atoms with van der Waals surface area (Å²) < 4.78 is 5.81. The number of ether oxygens (including phenoxy) is 1. The summed E-state index contributed by atoms with van der Waals surface area (Å²) in [5.41, 5.74) is 2.26. The molecule has 3 aliphatic rings. The number of nitro benzene ring substituents is 1. The van der Waals surface area contributed by atoms with Crippen LogP contribution in [-0.4, -0.2) is 28.5 Å².